The average molecular weight is 385 g/mol. The van der Waals surface area contributed by atoms with E-state index in [2.05, 4.69) is 4.98 Å². The fraction of sp³-hybridized carbons (Fsp3) is 0.100. The van der Waals surface area contributed by atoms with Gasteiger partial charge in [-0.25, -0.2) is 0 Å². The number of hydrogen-bond donors (Lipinski definition) is 1. The Balaban J connectivity index is 1.88. The van der Waals surface area contributed by atoms with Gasteiger partial charge in [-0.15, -0.1) is 0 Å². The number of nitriles is 1. The van der Waals surface area contributed by atoms with E-state index in [1.54, 1.807) is 31.2 Å². The summed E-state index contributed by atoms with van der Waals surface area (Å²) in [6.45, 7) is 2.09. The third-order valence-corrected chi connectivity index (χ3v) is 4.55. The van der Waals surface area contributed by atoms with Crippen LogP contribution >= 0.6 is 23.2 Å². The van der Waals surface area contributed by atoms with Gasteiger partial charge < -0.3 is 9.72 Å². The van der Waals surface area contributed by atoms with E-state index in [0.29, 0.717) is 33.7 Å². The van der Waals surface area contributed by atoms with Gasteiger partial charge in [0.2, 0.25) is 0 Å². The Labute approximate surface area is 160 Å². The van der Waals surface area contributed by atoms with Gasteiger partial charge in [-0.2, -0.15) is 5.26 Å². The number of halogens is 2. The Morgan fingerprint density at radius 2 is 1.92 bits per heavy atom. The van der Waals surface area contributed by atoms with E-state index in [1.807, 2.05) is 30.3 Å². The van der Waals surface area contributed by atoms with Crippen LogP contribution in [0.3, 0.4) is 0 Å². The first-order chi connectivity index (χ1) is 12.5. The molecule has 3 aromatic rings. The molecule has 1 aromatic heterocycles. The summed E-state index contributed by atoms with van der Waals surface area (Å²) in [5.41, 5.74) is 2.57. The van der Waals surface area contributed by atoms with Crippen LogP contribution in [0, 0.1) is 18.3 Å². The van der Waals surface area contributed by atoms with Crippen molar-refractivity contribution in [3.05, 3.63) is 85.8 Å². The fourth-order valence-corrected chi connectivity index (χ4v) is 2.90. The first-order valence-corrected chi connectivity index (χ1v) is 8.54. The van der Waals surface area contributed by atoms with E-state index in [9.17, 15) is 10.1 Å². The molecule has 0 aliphatic carbocycles. The van der Waals surface area contributed by atoms with Crippen LogP contribution in [0.1, 0.15) is 16.8 Å². The predicted molar refractivity (Wildman–Crippen MR) is 103 cm³/mol. The molecule has 0 fully saturated rings. The van der Waals surface area contributed by atoms with Crippen LogP contribution in [0.25, 0.3) is 11.1 Å². The van der Waals surface area contributed by atoms with Crippen molar-refractivity contribution in [3.8, 4) is 22.9 Å². The Kier molecular flexibility index (Phi) is 5.32. The number of ether oxygens (including phenoxy) is 1. The first kappa shape index (κ1) is 18.1. The molecule has 3 rings (SSSR count). The molecular weight excluding hydrogens is 371 g/mol. The van der Waals surface area contributed by atoms with Crippen molar-refractivity contribution in [2.75, 3.05) is 0 Å². The number of hydrogen-bond acceptors (Lipinski definition) is 3. The van der Waals surface area contributed by atoms with Gasteiger partial charge in [-0.1, -0.05) is 41.4 Å². The summed E-state index contributed by atoms with van der Waals surface area (Å²) < 4.78 is 5.81. The van der Waals surface area contributed by atoms with Gasteiger partial charge in [-0.3, -0.25) is 4.79 Å². The number of nitrogens with zero attached hydrogens (tertiary/aromatic N) is 1. The van der Waals surface area contributed by atoms with E-state index < -0.39 is 5.56 Å². The topological polar surface area (TPSA) is 65.9 Å². The SMILES string of the molecule is Cc1cc(-c2cccc(OCc3ccc(Cl)c(Cl)c3)c2)c(C#N)c(=O)[nH]1. The van der Waals surface area contributed by atoms with Crippen molar-refractivity contribution in [2.24, 2.45) is 0 Å². The molecule has 0 radical (unpaired) electrons. The van der Waals surface area contributed by atoms with E-state index in [-0.39, 0.29) is 5.56 Å². The quantitative estimate of drug-likeness (QED) is 0.679. The standard InChI is InChI=1S/C20H14Cl2N2O2/c1-12-7-16(17(10-23)20(25)24-12)14-3-2-4-15(9-14)26-11-13-5-6-18(21)19(22)8-13/h2-9H,11H2,1H3,(H,24,25). The fourth-order valence-electron chi connectivity index (χ4n) is 2.58. The summed E-state index contributed by atoms with van der Waals surface area (Å²) in [5.74, 6) is 0.621. The van der Waals surface area contributed by atoms with Gasteiger partial charge in [-0.05, 0) is 48.4 Å². The van der Waals surface area contributed by atoms with Crippen molar-refractivity contribution in [1.82, 2.24) is 4.98 Å². The minimum absolute atomic E-state index is 0.0808. The van der Waals surface area contributed by atoms with Crippen LogP contribution in [0.4, 0.5) is 0 Å². The molecule has 1 heterocycles. The summed E-state index contributed by atoms with van der Waals surface area (Å²) in [4.78, 5) is 14.6. The minimum atomic E-state index is -0.398. The minimum Gasteiger partial charge on any atom is -0.489 e. The maximum atomic E-state index is 12.0. The molecule has 130 valence electrons. The van der Waals surface area contributed by atoms with Crippen molar-refractivity contribution >= 4 is 23.2 Å². The van der Waals surface area contributed by atoms with Gasteiger partial charge in [0.05, 0.1) is 10.0 Å². The van der Waals surface area contributed by atoms with Gasteiger partial charge >= 0.3 is 0 Å². The van der Waals surface area contributed by atoms with Crippen LogP contribution in [-0.4, -0.2) is 4.98 Å². The lowest BCUT2D eigenvalue weighted by atomic mass is 10.0. The number of rotatable bonds is 4. The van der Waals surface area contributed by atoms with Crippen molar-refractivity contribution < 1.29 is 4.74 Å². The highest BCUT2D eigenvalue weighted by molar-refractivity contribution is 6.42. The number of aromatic nitrogens is 1. The van der Waals surface area contributed by atoms with E-state index in [0.717, 1.165) is 11.1 Å². The van der Waals surface area contributed by atoms with Gasteiger partial charge in [0, 0.05) is 11.3 Å². The maximum absolute atomic E-state index is 12.0. The molecule has 0 unspecified atom stereocenters. The molecule has 0 saturated carbocycles. The van der Waals surface area contributed by atoms with Crippen LogP contribution in [0.5, 0.6) is 5.75 Å². The predicted octanol–water partition coefficient (Wildman–Crippen LogP) is 5.11. The van der Waals surface area contributed by atoms with Gasteiger partial charge in [0.1, 0.15) is 24.0 Å². The molecule has 4 nitrogen and oxygen atoms in total. The third kappa shape index (κ3) is 3.91. The summed E-state index contributed by atoms with van der Waals surface area (Å²) >= 11 is 11.9. The summed E-state index contributed by atoms with van der Waals surface area (Å²) in [6.07, 6.45) is 0. The van der Waals surface area contributed by atoms with E-state index >= 15 is 0 Å². The Morgan fingerprint density at radius 3 is 2.65 bits per heavy atom. The molecular formula is C20H14Cl2N2O2. The Bertz CT molecular complexity index is 1070. The summed E-state index contributed by atoms with van der Waals surface area (Å²) in [5, 5.41) is 10.3. The lowest BCUT2D eigenvalue weighted by molar-refractivity contribution is 0.306. The maximum Gasteiger partial charge on any atom is 0.266 e. The molecule has 1 N–H and O–H groups in total. The first-order valence-electron chi connectivity index (χ1n) is 7.79. The lowest BCUT2D eigenvalue weighted by Crippen LogP contribution is -2.12. The molecule has 0 saturated heterocycles. The smallest absolute Gasteiger partial charge is 0.266 e. The number of H-pyrrole nitrogens is 1. The highest BCUT2D eigenvalue weighted by atomic mass is 35.5. The van der Waals surface area contributed by atoms with E-state index in [1.165, 1.54) is 0 Å². The zero-order valence-electron chi connectivity index (χ0n) is 13.8. The van der Waals surface area contributed by atoms with Crippen molar-refractivity contribution in [3.63, 3.8) is 0 Å². The molecule has 0 bridgehead atoms. The van der Waals surface area contributed by atoms with Gasteiger partial charge in [0.15, 0.2) is 0 Å². The second kappa shape index (κ2) is 7.65. The molecule has 0 atom stereocenters. The van der Waals surface area contributed by atoms with E-state index in [4.69, 9.17) is 27.9 Å². The zero-order chi connectivity index (χ0) is 18.7. The molecule has 26 heavy (non-hydrogen) atoms. The van der Waals surface area contributed by atoms with Gasteiger partial charge in [0.25, 0.3) is 5.56 Å². The number of aryl methyl sites for hydroxylation is 1. The third-order valence-electron chi connectivity index (χ3n) is 3.81. The highest BCUT2D eigenvalue weighted by Gasteiger charge is 2.11. The molecule has 0 spiro atoms. The number of nitrogens with one attached hydrogen (secondary N) is 1. The lowest BCUT2D eigenvalue weighted by Gasteiger charge is -2.10. The molecule has 2 aromatic carbocycles. The molecule has 0 aliphatic rings. The van der Waals surface area contributed by atoms with Crippen LogP contribution in [0.15, 0.2) is 53.3 Å². The number of benzene rings is 2. The average Bonchev–Trinajstić information content (AvgIpc) is 2.62. The number of pyridine rings is 1. The highest BCUT2D eigenvalue weighted by Crippen LogP contribution is 2.27. The second-order valence-corrected chi connectivity index (χ2v) is 6.56. The zero-order valence-corrected chi connectivity index (χ0v) is 15.4. The normalized spacial score (nSPS) is 10.4. The largest absolute Gasteiger partial charge is 0.489 e. The summed E-state index contributed by atoms with van der Waals surface area (Å²) in [7, 11) is 0. The molecule has 6 heteroatoms. The van der Waals surface area contributed by atoms with Crippen LogP contribution < -0.4 is 10.3 Å². The van der Waals surface area contributed by atoms with Crippen molar-refractivity contribution in [2.45, 2.75) is 13.5 Å². The molecule has 0 amide bonds. The van der Waals surface area contributed by atoms with Crippen LogP contribution in [0.2, 0.25) is 10.0 Å². The summed E-state index contributed by atoms with van der Waals surface area (Å²) in [6, 6.07) is 16.3. The second-order valence-electron chi connectivity index (χ2n) is 5.75. The monoisotopic (exact) mass is 384 g/mol. The van der Waals surface area contributed by atoms with Crippen molar-refractivity contribution in [1.29, 1.82) is 5.26 Å². The molecule has 0 aliphatic heterocycles. The van der Waals surface area contributed by atoms with Crippen LogP contribution in [-0.2, 0) is 6.61 Å². The number of aromatic amines is 1. The Hall–Kier alpha value is -2.74. The Morgan fingerprint density at radius 1 is 1.12 bits per heavy atom.